The van der Waals surface area contributed by atoms with E-state index in [1.54, 1.807) is 17.0 Å². The van der Waals surface area contributed by atoms with Crippen LogP contribution in [0.3, 0.4) is 0 Å². The summed E-state index contributed by atoms with van der Waals surface area (Å²) >= 11 is 7.36. The molecule has 0 aliphatic heterocycles. The van der Waals surface area contributed by atoms with Gasteiger partial charge in [-0.15, -0.1) is 17.9 Å². The number of carbonyl (C=O) groups excluding carboxylic acids is 1. The molecule has 5 nitrogen and oxygen atoms in total. The van der Waals surface area contributed by atoms with Crippen molar-refractivity contribution in [1.29, 1.82) is 0 Å². The zero-order valence-electron chi connectivity index (χ0n) is 12.9. The van der Waals surface area contributed by atoms with Crippen molar-refractivity contribution >= 4 is 28.8 Å². The molecule has 1 amide bonds. The van der Waals surface area contributed by atoms with Crippen LogP contribution in [-0.2, 0) is 13.1 Å². The summed E-state index contributed by atoms with van der Waals surface area (Å²) < 4.78 is 2.00. The molecule has 0 aromatic carbocycles. The highest BCUT2D eigenvalue weighted by molar-refractivity contribution is 7.16. The zero-order valence-corrected chi connectivity index (χ0v) is 14.4. The number of carbonyl (C=O) groups is 1. The summed E-state index contributed by atoms with van der Waals surface area (Å²) in [6.45, 7) is 6.95. The van der Waals surface area contributed by atoms with Crippen molar-refractivity contribution in [2.75, 3.05) is 6.54 Å². The Bertz CT molecular complexity index is 754. The highest BCUT2D eigenvalue weighted by Crippen LogP contribution is 2.23. The molecule has 0 N–H and O–H groups in total. The number of halogens is 1. The summed E-state index contributed by atoms with van der Waals surface area (Å²) in [6, 6.07) is 6.54. The summed E-state index contributed by atoms with van der Waals surface area (Å²) in [5.74, 6) is -0.237. The van der Waals surface area contributed by atoms with E-state index in [-0.39, 0.29) is 17.2 Å². The van der Waals surface area contributed by atoms with E-state index in [1.165, 1.54) is 28.2 Å². The topological polar surface area (TPSA) is 55.2 Å². The maximum Gasteiger partial charge on any atom is 0.274 e. The number of amides is 1. The van der Waals surface area contributed by atoms with E-state index < -0.39 is 0 Å². The number of hydrogen-bond donors (Lipinski definition) is 0. The first-order valence-electron chi connectivity index (χ1n) is 7.27. The van der Waals surface area contributed by atoms with E-state index in [9.17, 15) is 9.59 Å². The van der Waals surface area contributed by atoms with Crippen molar-refractivity contribution in [2.24, 2.45) is 0 Å². The third-order valence-electron chi connectivity index (χ3n) is 3.13. The zero-order chi connectivity index (χ0) is 16.8. The average molecular weight is 352 g/mol. The molecular weight excluding hydrogens is 334 g/mol. The standard InChI is InChI=1S/C16H18ClN3O2S/c1-3-9-19(11-12-5-7-14(17)23-12)16(22)13-6-8-15(21)20(18-13)10-4-2/h3,5-8H,1,4,9-11H2,2H3. The Kier molecular flexibility index (Phi) is 6.12. The smallest absolute Gasteiger partial charge is 0.274 e. The lowest BCUT2D eigenvalue weighted by molar-refractivity contribution is 0.0755. The molecule has 0 aliphatic carbocycles. The van der Waals surface area contributed by atoms with Gasteiger partial charge < -0.3 is 4.90 Å². The van der Waals surface area contributed by atoms with Gasteiger partial charge in [0.25, 0.3) is 11.5 Å². The van der Waals surface area contributed by atoms with Crippen LogP contribution in [0.25, 0.3) is 0 Å². The Labute approximate surface area is 143 Å². The van der Waals surface area contributed by atoms with Crippen LogP contribution >= 0.6 is 22.9 Å². The number of hydrogen-bond acceptors (Lipinski definition) is 4. The second-order valence-corrected chi connectivity index (χ2v) is 6.76. The van der Waals surface area contributed by atoms with Crippen molar-refractivity contribution in [3.8, 4) is 0 Å². The first-order chi connectivity index (χ1) is 11.0. The lowest BCUT2D eigenvalue weighted by Gasteiger charge is -2.20. The fourth-order valence-electron chi connectivity index (χ4n) is 2.10. The van der Waals surface area contributed by atoms with Crippen LogP contribution in [0.1, 0.15) is 28.7 Å². The van der Waals surface area contributed by atoms with Crippen LogP contribution in [0.4, 0.5) is 0 Å². The van der Waals surface area contributed by atoms with E-state index in [2.05, 4.69) is 11.7 Å². The van der Waals surface area contributed by atoms with Crippen molar-refractivity contribution in [3.63, 3.8) is 0 Å². The van der Waals surface area contributed by atoms with Gasteiger partial charge in [-0.2, -0.15) is 5.10 Å². The van der Waals surface area contributed by atoms with Crippen LogP contribution in [0.5, 0.6) is 0 Å². The van der Waals surface area contributed by atoms with Gasteiger partial charge in [-0.25, -0.2) is 4.68 Å². The van der Waals surface area contributed by atoms with E-state index in [0.717, 1.165) is 11.3 Å². The molecule has 0 saturated carbocycles. The molecule has 2 aromatic heterocycles. The number of aryl methyl sites for hydroxylation is 1. The molecule has 2 heterocycles. The highest BCUT2D eigenvalue weighted by Gasteiger charge is 2.18. The Morgan fingerprint density at radius 2 is 2.22 bits per heavy atom. The van der Waals surface area contributed by atoms with Crippen molar-refractivity contribution in [1.82, 2.24) is 14.7 Å². The van der Waals surface area contributed by atoms with Crippen LogP contribution < -0.4 is 5.56 Å². The summed E-state index contributed by atoms with van der Waals surface area (Å²) in [4.78, 5) is 27.0. The third-order valence-corrected chi connectivity index (χ3v) is 4.35. The fraction of sp³-hybridized carbons (Fsp3) is 0.312. The van der Waals surface area contributed by atoms with Gasteiger partial charge in [-0.1, -0.05) is 24.6 Å². The molecule has 0 radical (unpaired) electrons. The minimum Gasteiger partial charge on any atom is -0.328 e. The summed E-state index contributed by atoms with van der Waals surface area (Å²) in [5.41, 5.74) is 0.0475. The summed E-state index contributed by atoms with van der Waals surface area (Å²) in [6.07, 6.45) is 2.43. The Morgan fingerprint density at radius 3 is 2.83 bits per heavy atom. The number of thiophene rings is 1. The van der Waals surface area contributed by atoms with Crippen LogP contribution in [0.2, 0.25) is 4.34 Å². The molecule has 0 spiro atoms. The summed E-state index contributed by atoms with van der Waals surface area (Å²) in [5, 5.41) is 4.17. The Balaban J connectivity index is 2.24. The molecule has 2 aromatic rings. The Morgan fingerprint density at radius 1 is 1.43 bits per heavy atom. The van der Waals surface area contributed by atoms with Gasteiger partial charge in [-0.05, 0) is 24.6 Å². The van der Waals surface area contributed by atoms with Gasteiger partial charge in [0.05, 0.1) is 10.9 Å². The van der Waals surface area contributed by atoms with Gasteiger partial charge in [0.1, 0.15) is 5.69 Å². The largest absolute Gasteiger partial charge is 0.328 e. The molecular formula is C16H18ClN3O2S. The van der Waals surface area contributed by atoms with Crippen molar-refractivity contribution in [2.45, 2.75) is 26.4 Å². The van der Waals surface area contributed by atoms with Gasteiger partial charge in [0, 0.05) is 24.0 Å². The van der Waals surface area contributed by atoms with Crippen molar-refractivity contribution < 1.29 is 4.79 Å². The van der Waals surface area contributed by atoms with Crippen LogP contribution in [0.15, 0.2) is 41.7 Å². The first-order valence-corrected chi connectivity index (χ1v) is 8.47. The van der Waals surface area contributed by atoms with E-state index in [1.807, 2.05) is 13.0 Å². The molecule has 7 heteroatoms. The van der Waals surface area contributed by atoms with E-state index in [4.69, 9.17) is 11.6 Å². The van der Waals surface area contributed by atoms with Gasteiger partial charge >= 0.3 is 0 Å². The number of nitrogens with zero attached hydrogens (tertiary/aromatic N) is 3. The molecule has 0 aliphatic rings. The molecule has 0 atom stereocenters. The molecule has 0 fully saturated rings. The van der Waals surface area contributed by atoms with Crippen molar-refractivity contribution in [3.05, 3.63) is 62.2 Å². The highest BCUT2D eigenvalue weighted by atomic mass is 35.5. The monoisotopic (exact) mass is 351 g/mol. The van der Waals surface area contributed by atoms with Gasteiger partial charge in [0.15, 0.2) is 0 Å². The molecule has 122 valence electrons. The van der Waals surface area contributed by atoms with Gasteiger partial charge in [-0.3, -0.25) is 9.59 Å². The molecule has 2 rings (SSSR count). The normalized spacial score (nSPS) is 10.5. The molecule has 0 saturated heterocycles. The average Bonchev–Trinajstić information content (AvgIpc) is 2.94. The van der Waals surface area contributed by atoms with Crippen LogP contribution in [0, 0.1) is 0 Å². The van der Waals surface area contributed by atoms with Crippen LogP contribution in [-0.4, -0.2) is 27.1 Å². The number of aromatic nitrogens is 2. The fourth-order valence-corrected chi connectivity index (χ4v) is 3.20. The first kappa shape index (κ1) is 17.4. The maximum atomic E-state index is 12.7. The lowest BCUT2D eigenvalue weighted by atomic mass is 10.3. The van der Waals surface area contributed by atoms with E-state index in [0.29, 0.717) is 24.0 Å². The minimum absolute atomic E-state index is 0.205. The SMILES string of the molecule is C=CCN(Cc1ccc(Cl)s1)C(=O)c1ccc(=O)n(CCC)n1. The maximum absolute atomic E-state index is 12.7. The van der Waals surface area contributed by atoms with Gasteiger partial charge in [0.2, 0.25) is 0 Å². The quantitative estimate of drug-likeness (QED) is 0.720. The predicted molar refractivity (Wildman–Crippen MR) is 93.1 cm³/mol. The third kappa shape index (κ3) is 4.53. The molecule has 0 unspecified atom stereocenters. The number of rotatable bonds is 7. The molecule has 0 bridgehead atoms. The minimum atomic E-state index is -0.237. The Hall–Kier alpha value is -1.92. The second kappa shape index (κ2) is 8.08. The lowest BCUT2D eigenvalue weighted by Crippen LogP contribution is -2.33. The molecule has 23 heavy (non-hydrogen) atoms. The second-order valence-electron chi connectivity index (χ2n) is 4.96. The summed E-state index contributed by atoms with van der Waals surface area (Å²) in [7, 11) is 0. The van der Waals surface area contributed by atoms with E-state index >= 15 is 0 Å². The predicted octanol–water partition coefficient (Wildman–Crippen LogP) is 3.20.